The lowest BCUT2D eigenvalue weighted by atomic mass is 10.1. The van der Waals surface area contributed by atoms with Gasteiger partial charge in [-0.1, -0.05) is 65.7 Å². The van der Waals surface area contributed by atoms with Crippen molar-refractivity contribution in [1.29, 1.82) is 0 Å². The number of nitrogens with zero attached hydrogens (tertiary/aromatic N) is 3. The fraction of sp³-hybridized carbons (Fsp3) is 0.412. The SMILES string of the molecule is CC[N+](CC)(CCCCN(Cc1ccc2ccccc2c1)C(=O)c1oc(C)nc1C)Cc1cc(C)cc(C)c1. The number of oxazole rings is 1. The number of benzene rings is 3. The van der Waals surface area contributed by atoms with Crippen LogP contribution in [0.5, 0.6) is 0 Å². The van der Waals surface area contributed by atoms with Gasteiger partial charge in [-0.2, -0.15) is 0 Å². The molecule has 0 spiro atoms. The average Bonchev–Trinajstić information content (AvgIpc) is 3.26. The molecule has 4 aromatic rings. The first-order valence-corrected chi connectivity index (χ1v) is 14.3. The highest BCUT2D eigenvalue weighted by Crippen LogP contribution is 2.22. The van der Waals surface area contributed by atoms with Gasteiger partial charge in [0, 0.05) is 25.6 Å². The molecule has 0 radical (unpaired) electrons. The standard InChI is InChI=1S/C34H44N3O2/c1-7-37(8-2,24-30-20-25(3)19-26(4)21-30)18-12-11-17-36(34(38)33-27(5)35-28(6)39-33)23-29-15-16-31-13-9-10-14-32(31)22-29/h9-10,13-16,19-22H,7-8,11-12,17-18,23-24H2,1-6H3/q+1. The number of carbonyl (C=O) groups excluding carboxylic acids is 1. The van der Waals surface area contributed by atoms with E-state index in [4.69, 9.17) is 4.42 Å². The van der Waals surface area contributed by atoms with E-state index in [2.05, 4.69) is 93.3 Å². The maximum atomic E-state index is 13.6. The molecule has 3 aromatic carbocycles. The quantitative estimate of drug-likeness (QED) is 0.141. The summed E-state index contributed by atoms with van der Waals surface area (Å²) in [5, 5.41) is 2.39. The summed E-state index contributed by atoms with van der Waals surface area (Å²) in [6.07, 6.45) is 2.00. The van der Waals surface area contributed by atoms with Gasteiger partial charge in [-0.25, -0.2) is 4.98 Å². The highest BCUT2D eigenvalue weighted by atomic mass is 16.4. The molecule has 0 atom stereocenters. The van der Waals surface area contributed by atoms with Crippen LogP contribution in [0.1, 0.15) is 71.1 Å². The van der Waals surface area contributed by atoms with E-state index < -0.39 is 0 Å². The lowest BCUT2D eigenvalue weighted by molar-refractivity contribution is -0.938. The van der Waals surface area contributed by atoms with E-state index in [1.807, 2.05) is 11.8 Å². The highest BCUT2D eigenvalue weighted by molar-refractivity contribution is 5.92. The van der Waals surface area contributed by atoms with Crippen LogP contribution in [0.15, 0.2) is 65.1 Å². The number of fused-ring (bicyclic) bond motifs is 1. The number of carbonyl (C=O) groups is 1. The first kappa shape index (κ1) is 28.6. The zero-order chi connectivity index (χ0) is 28.0. The minimum absolute atomic E-state index is 0.0803. The second kappa shape index (κ2) is 12.6. The third-order valence-electron chi connectivity index (χ3n) is 8.02. The van der Waals surface area contributed by atoms with E-state index in [0.717, 1.165) is 49.1 Å². The van der Waals surface area contributed by atoms with Crippen molar-refractivity contribution in [3.05, 3.63) is 100 Å². The summed E-state index contributed by atoms with van der Waals surface area (Å²) in [5.41, 5.74) is 5.85. The molecule has 5 nitrogen and oxygen atoms in total. The van der Waals surface area contributed by atoms with Crippen molar-refractivity contribution in [3.63, 3.8) is 0 Å². The lowest BCUT2D eigenvalue weighted by Gasteiger charge is -2.37. The predicted molar refractivity (Wildman–Crippen MR) is 160 cm³/mol. The van der Waals surface area contributed by atoms with Gasteiger partial charge in [0.25, 0.3) is 5.91 Å². The Morgan fingerprint density at radius 3 is 2.18 bits per heavy atom. The number of hydrogen-bond donors (Lipinski definition) is 0. The Bertz CT molecular complexity index is 1400. The first-order chi connectivity index (χ1) is 18.7. The van der Waals surface area contributed by atoms with Gasteiger partial charge in [-0.3, -0.25) is 4.79 Å². The van der Waals surface area contributed by atoms with Crippen molar-refractivity contribution in [1.82, 2.24) is 9.88 Å². The van der Waals surface area contributed by atoms with Crippen molar-refractivity contribution >= 4 is 16.7 Å². The van der Waals surface area contributed by atoms with Crippen molar-refractivity contribution in [3.8, 4) is 0 Å². The maximum absolute atomic E-state index is 13.6. The van der Waals surface area contributed by atoms with Crippen molar-refractivity contribution < 1.29 is 13.7 Å². The summed E-state index contributed by atoms with van der Waals surface area (Å²) in [7, 11) is 0. The zero-order valence-corrected chi connectivity index (χ0v) is 24.6. The Morgan fingerprint density at radius 2 is 1.54 bits per heavy atom. The molecule has 0 N–H and O–H groups in total. The van der Waals surface area contributed by atoms with Gasteiger partial charge < -0.3 is 13.8 Å². The lowest BCUT2D eigenvalue weighted by Crippen LogP contribution is -2.47. The minimum Gasteiger partial charge on any atom is -0.436 e. The largest absolute Gasteiger partial charge is 0.436 e. The smallest absolute Gasteiger partial charge is 0.291 e. The van der Waals surface area contributed by atoms with Crippen LogP contribution < -0.4 is 0 Å². The molecule has 0 fully saturated rings. The summed E-state index contributed by atoms with van der Waals surface area (Å²) in [4.78, 5) is 19.9. The van der Waals surface area contributed by atoms with Crippen molar-refractivity contribution in [2.45, 2.75) is 67.5 Å². The molecule has 5 heteroatoms. The fourth-order valence-corrected chi connectivity index (χ4v) is 5.82. The summed E-state index contributed by atoms with van der Waals surface area (Å²) < 4.78 is 6.80. The van der Waals surface area contributed by atoms with Crippen molar-refractivity contribution in [2.24, 2.45) is 0 Å². The van der Waals surface area contributed by atoms with Gasteiger partial charge >= 0.3 is 0 Å². The van der Waals surface area contributed by atoms with Crippen LogP contribution in [0.4, 0.5) is 0 Å². The molecule has 39 heavy (non-hydrogen) atoms. The van der Waals surface area contributed by atoms with Gasteiger partial charge in [0.15, 0.2) is 5.89 Å². The normalized spacial score (nSPS) is 11.7. The Morgan fingerprint density at radius 1 is 0.846 bits per heavy atom. The van der Waals surface area contributed by atoms with Gasteiger partial charge in [0.05, 0.1) is 25.3 Å². The number of aromatic nitrogens is 1. The van der Waals surface area contributed by atoms with Crippen LogP contribution in [0.2, 0.25) is 0 Å². The van der Waals surface area contributed by atoms with Gasteiger partial charge in [-0.05, 0) is 69.9 Å². The molecule has 0 saturated heterocycles. The van der Waals surface area contributed by atoms with E-state index in [1.165, 1.54) is 27.5 Å². The second-order valence-electron chi connectivity index (χ2n) is 11.1. The topological polar surface area (TPSA) is 46.3 Å². The molecular formula is C34H44N3O2+. The van der Waals surface area contributed by atoms with E-state index in [9.17, 15) is 4.79 Å². The van der Waals surface area contributed by atoms with Crippen LogP contribution in [0.3, 0.4) is 0 Å². The number of quaternary nitrogens is 1. The van der Waals surface area contributed by atoms with Gasteiger partial charge in [0.1, 0.15) is 6.54 Å². The number of aryl methyl sites for hydroxylation is 4. The van der Waals surface area contributed by atoms with E-state index in [0.29, 0.717) is 30.4 Å². The molecule has 4 rings (SSSR count). The molecule has 1 amide bonds. The average molecular weight is 527 g/mol. The first-order valence-electron chi connectivity index (χ1n) is 14.3. The fourth-order valence-electron chi connectivity index (χ4n) is 5.82. The van der Waals surface area contributed by atoms with Crippen molar-refractivity contribution in [2.75, 3.05) is 26.2 Å². The molecule has 0 unspecified atom stereocenters. The molecule has 1 heterocycles. The number of hydrogen-bond acceptors (Lipinski definition) is 3. The summed E-state index contributed by atoms with van der Waals surface area (Å²) in [5.74, 6) is 0.805. The molecule has 206 valence electrons. The van der Waals surface area contributed by atoms with E-state index >= 15 is 0 Å². The molecule has 0 saturated carbocycles. The Hall–Kier alpha value is -3.44. The van der Waals surface area contributed by atoms with Crippen LogP contribution in [0.25, 0.3) is 10.8 Å². The molecule has 0 aliphatic carbocycles. The Balaban J connectivity index is 1.47. The second-order valence-corrected chi connectivity index (χ2v) is 11.1. The number of rotatable bonds is 12. The summed E-state index contributed by atoms with van der Waals surface area (Å²) in [6.45, 7) is 18.2. The Kier molecular flexibility index (Phi) is 9.24. The number of amides is 1. The highest BCUT2D eigenvalue weighted by Gasteiger charge is 2.26. The molecule has 0 bridgehead atoms. The maximum Gasteiger partial charge on any atom is 0.291 e. The van der Waals surface area contributed by atoms with Gasteiger partial charge in [-0.15, -0.1) is 0 Å². The van der Waals surface area contributed by atoms with Crippen LogP contribution >= 0.6 is 0 Å². The van der Waals surface area contributed by atoms with Crippen LogP contribution in [-0.2, 0) is 13.1 Å². The summed E-state index contributed by atoms with van der Waals surface area (Å²) >= 11 is 0. The molecule has 0 aliphatic rings. The third kappa shape index (κ3) is 7.15. The van der Waals surface area contributed by atoms with Crippen LogP contribution in [-0.4, -0.2) is 46.5 Å². The molecular weight excluding hydrogens is 482 g/mol. The van der Waals surface area contributed by atoms with E-state index in [-0.39, 0.29) is 5.91 Å². The zero-order valence-electron chi connectivity index (χ0n) is 24.6. The van der Waals surface area contributed by atoms with Gasteiger partial charge in [0.2, 0.25) is 5.76 Å². The molecule has 1 aromatic heterocycles. The monoisotopic (exact) mass is 526 g/mol. The Labute approximate surface area is 234 Å². The van der Waals surface area contributed by atoms with E-state index in [1.54, 1.807) is 6.92 Å². The molecule has 0 aliphatic heterocycles. The third-order valence-corrected chi connectivity index (χ3v) is 8.02. The van der Waals surface area contributed by atoms with Crippen LogP contribution in [0, 0.1) is 27.7 Å². The predicted octanol–water partition coefficient (Wildman–Crippen LogP) is 7.54. The number of unbranched alkanes of at least 4 members (excludes halogenated alkanes) is 1. The minimum atomic E-state index is -0.0803. The summed E-state index contributed by atoms with van der Waals surface area (Å²) in [6, 6.07) is 21.7.